The van der Waals surface area contributed by atoms with E-state index in [1.54, 1.807) is 0 Å². The van der Waals surface area contributed by atoms with Gasteiger partial charge in [0.15, 0.2) is 0 Å². The number of nitrogens with one attached hydrogen (secondary N) is 2. The monoisotopic (exact) mass is 304 g/mol. The standard InChI is InChI=1S/C14H19F3N2O2/c1-3-21-12-6-4-5-11(7-12)8-18-10(2)13(20)19-9-14(15,16)17/h4-7,10,18H,3,8-9H2,1-2H3,(H,19,20). The molecule has 0 fully saturated rings. The Bertz CT molecular complexity index is 464. The molecule has 0 heterocycles. The van der Waals surface area contributed by atoms with Crippen LogP contribution in [-0.4, -0.2) is 31.3 Å². The van der Waals surface area contributed by atoms with Crippen molar-refractivity contribution in [3.63, 3.8) is 0 Å². The molecule has 118 valence electrons. The maximum Gasteiger partial charge on any atom is 0.405 e. The van der Waals surface area contributed by atoms with E-state index in [9.17, 15) is 18.0 Å². The highest BCUT2D eigenvalue weighted by atomic mass is 19.4. The Morgan fingerprint density at radius 2 is 2.10 bits per heavy atom. The molecule has 4 nitrogen and oxygen atoms in total. The first kappa shape index (κ1) is 17.3. The molecule has 0 bridgehead atoms. The summed E-state index contributed by atoms with van der Waals surface area (Å²) in [5.41, 5.74) is 0.886. The molecule has 2 N–H and O–H groups in total. The van der Waals surface area contributed by atoms with Gasteiger partial charge in [-0.15, -0.1) is 0 Å². The molecule has 0 aliphatic rings. The average Bonchev–Trinajstić information content (AvgIpc) is 2.42. The number of amides is 1. The van der Waals surface area contributed by atoms with Crippen LogP contribution in [0.3, 0.4) is 0 Å². The molecule has 1 unspecified atom stereocenters. The zero-order valence-corrected chi connectivity index (χ0v) is 12.0. The predicted molar refractivity (Wildman–Crippen MR) is 73.0 cm³/mol. The van der Waals surface area contributed by atoms with Crippen molar-refractivity contribution < 1.29 is 22.7 Å². The Morgan fingerprint density at radius 3 is 2.71 bits per heavy atom. The number of hydrogen-bond acceptors (Lipinski definition) is 3. The van der Waals surface area contributed by atoms with Crippen LogP contribution in [0.2, 0.25) is 0 Å². The number of carbonyl (C=O) groups excluding carboxylic acids is 1. The van der Waals surface area contributed by atoms with Crippen molar-refractivity contribution in [2.75, 3.05) is 13.2 Å². The number of ether oxygens (including phenoxy) is 1. The number of halogens is 3. The zero-order chi connectivity index (χ0) is 15.9. The van der Waals surface area contributed by atoms with E-state index in [0.717, 1.165) is 5.56 Å². The first-order valence-electron chi connectivity index (χ1n) is 6.61. The molecule has 0 aliphatic heterocycles. The highest BCUT2D eigenvalue weighted by Gasteiger charge is 2.28. The van der Waals surface area contributed by atoms with Crippen LogP contribution in [-0.2, 0) is 11.3 Å². The van der Waals surface area contributed by atoms with Crippen molar-refractivity contribution in [3.8, 4) is 5.75 Å². The number of rotatable bonds is 7. The first-order chi connectivity index (χ1) is 9.81. The van der Waals surface area contributed by atoms with Crippen molar-refractivity contribution in [1.29, 1.82) is 0 Å². The van der Waals surface area contributed by atoms with Gasteiger partial charge >= 0.3 is 6.18 Å². The molecular formula is C14H19F3N2O2. The van der Waals surface area contributed by atoms with E-state index in [4.69, 9.17) is 4.74 Å². The van der Waals surface area contributed by atoms with Gasteiger partial charge in [0.25, 0.3) is 0 Å². The van der Waals surface area contributed by atoms with Gasteiger partial charge in [-0.1, -0.05) is 12.1 Å². The topological polar surface area (TPSA) is 50.4 Å². The second-order valence-corrected chi connectivity index (χ2v) is 4.52. The lowest BCUT2D eigenvalue weighted by atomic mass is 10.2. The van der Waals surface area contributed by atoms with Gasteiger partial charge in [0, 0.05) is 6.54 Å². The summed E-state index contributed by atoms with van der Waals surface area (Å²) in [6.07, 6.45) is -4.40. The number of carbonyl (C=O) groups is 1. The van der Waals surface area contributed by atoms with E-state index in [1.807, 2.05) is 36.5 Å². The van der Waals surface area contributed by atoms with Crippen LogP contribution < -0.4 is 15.4 Å². The summed E-state index contributed by atoms with van der Waals surface area (Å²) in [5.74, 6) is 0.0271. The second-order valence-electron chi connectivity index (χ2n) is 4.52. The molecule has 0 saturated heterocycles. The lowest BCUT2D eigenvalue weighted by Gasteiger charge is -2.15. The lowest BCUT2D eigenvalue weighted by molar-refractivity contribution is -0.139. The molecule has 0 aliphatic carbocycles. The van der Waals surface area contributed by atoms with Crippen molar-refractivity contribution in [2.45, 2.75) is 32.6 Å². The van der Waals surface area contributed by atoms with E-state index in [-0.39, 0.29) is 0 Å². The lowest BCUT2D eigenvalue weighted by Crippen LogP contribution is -2.44. The third-order valence-corrected chi connectivity index (χ3v) is 2.68. The van der Waals surface area contributed by atoms with Crippen LogP contribution in [0.4, 0.5) is 13.2 Å². The molecule has 0 radical (unpaired) electrons. The van der Waals surface area contributed by atoms with Gasteiger partial charge in [-0.05, 0) is 31.5 Å². The van der Waals surface area contributed by atoms with Gasteiger partial charge < -0.3 is 15.4 Å². The van der Waals surface area contributed by atoms with E-state index in [0.29, 0.717) is 18.9 Å². The van der Waals surface area contributed by atoms with E-state index in [1.165, 1.54) is 6.92 Å². The molecule has 1 aromatic carbocycles. The number of hydrogen-bond donors (Lipinski definition) is 2. The number of benzene rings is 1. The maximum absolute atomic E-state index is 12.0. The van der Waals surface area contributed by atoms with Crippen molar-refractivity contribution in [2.24, 2.45) is 0 Å². The van der Waals surface area contributed by atoms with Crippen LogP contribution in [0.25, 0.3) is 0 Å². The molecule has 0 saturated carbocycles. The summed E-state index contributed by atoms with van der Waals surface area (Å²) in [7, 11) is 0. The molecule has 0 spiro atoms. The van der Waals surface area contributed by atoms with E-state index in [2.05, 4.69) is 5.32 Å². The van der Waals surface area contributed by atoms with Crippen LogP contribution in [0, 0.1) is 0 Å². The van der Waals surface area contributed by atoms with E-state index < -0.39 is 24.7 Å². The predicted octanol–water partition coefficient (Wildman–Crippen LogP) is 2.24. The minimum atomic E-state index is -4.40. The van der Waals surface area contributed by atoms with Gasteiger partial charge in [0.2, 0.25) is 5.91 Å². The van der Waals surface area contributed by atoms with Crippen LogP contribution in [0.15, 0.2) is 24.3 Å². The maximum atomic E-state index is 12.0. The summed E-state index contributed by atoms with van der Waals surface area (Å²) in [5, 5.41) is 4.71. The molecule has 0 aromatic heterocycles. The molecular weight excluding hydrogens is 285 g/mol. The van der Waals surface area contributed by atoms with E-state index >= 15 is 0 Å². The quantitative estimate of drug-likeness (QED) is 0.812. The van der Waals surface area contributed by atoms with Gasteiger partial charge in [0.1, 0.15) is 12.3 Å². The molecule has 21 heavy (non-hydrogen) atoms. The summed E-state index contributed by atoms with van der Waals surface area (Å²) in [6.45, 7) is 2.97. The Labute approximate surface area is 121 Å². The van der Waals surface area contributed by atoms with Gasteiger partial charge in [-0.25, -0.2) is 0 Å². The Kier molecular flexibility index (Phi) is 6.48. The zero-order valence-electron chi connectivity index (χ0n) is 12.0. The summed E-state index contributed by atoms with van der Waals surface area (Å²) < 4.78 is 41.3. The summed E-state index contributed by atoms with van der Waals surface area (Å²) in [4.78, 5) is 11.5. The van der Waals surface area contributed by atoms with Crippen molar-refractivity contribution in [3.05, 3.63) is 29.8 Å². The Hall–Kier alpha value is -1.76. The third kappa shape index (κ3) is 6.99. The van der Waals surface area contributed by atoms with Gasteiger partial charge in [-0.2, -0.15) is 13.2 Å². The normalized spacial score (nSPS) is 12.8. The molecule has 1 rings (SSSR count). The minimum Gasteiger partial charge on any atom is -0.494 e. The second kappa shape index (κ2) is 7.87. The minimum absolute atomic E-state index is 0.363. The molecule has 1 amide bonds. The largest absolute Gasteiger partial charge is 0.494 e. The Morgan fingerprint density at radius 1 is 1.38 bits per heavy atom. The first-order valence-corrected chi connectivity index (χ1v) is 6.61. The SMILES string of the molecule is CCOc1cccc(CNC(C)C(=O)NCC(F)(F)F)c1. The van der Waals surface area contributed by atoms with Gasteiger partial charge in [0.05, 0.1) is 12.6 Å². The van der Waals surface area contributed by atoms with Crippen molar-refractivity contribution >= 4 is 5.91 Å². The summed E-state index contributed by atoms with van der Waals surface area (Å²) >= 11 is 0. The fraction of sp³-hybridized carbons (Fsp3) is 0.500. The highest BCUT2D eigenvalue weighted by molar-refractivity contribution is 5.81. The highest BCUT2D eigenvalue weighted by Crippen LogP contribution is 2.13. The third-order valence-electron chi connectivity index (χ3n) is 2.68. The molecule has 1 aromatic rings. The van der Waals surface area contributed by atoms with Crippen LogP contribution >= 0.6 is 0 Å². The fourth-order valence-corrected chi connectivity index (χ4v) is 1.62. The van der Waals surface area contributed by atoms with Gasteiger partial charge in [-0.3, -0.25) is 4.79 Å². The van der Waals surface area contributed by atoms with Crippen LogP contribution in [0.5, 0.6) is 5.75 Å². The summed E-state index contributed by atoms with van der Waals surface area (Å²) in [6, 6.07) is 6.57. The number of alkyl halides is 3. The van der Waals surface area contributed by atoms with Crippen LogP contribution in [0.1, 0.15) is 19.4 Å². The molecule has 7 heteroatoms. The molecule has 1 atom stereocenters. The average molecular weight is 304 g/mol. The smallest absolute Gasteiger partial charge is 0.405 e. The fourth-order valence-electron chi connectivity index (χ4n) is 1.62. The Balaban J connectivity index is 2.43. The van der Waals surface area contributed by atoms with Crippen molar-refractivity contribution in [1.82, 2.24) is 10.6 Å².